The molecule has 0 fully saturated rings. The Bertz CT molecular complexity index is 175. The Morgan fingerprint density at radius 3 is 1.78 bits per heavy atom. The molecule has 0 atom stereocenters. The molecule has 0 saturated heterocycles. The molecule has 1 rings (SSSR count). The van der Waals surface area contributed by atoms with E-state index in [1.165, 1.54) is 6.07 Å². The highest BCUT2D eigenvalue weighted by Crippen LogP contribution is 1.94. The number of hydrogen-bond donors (Lipinski definition) is 0. The van der Waals surface area contributed by atoms with Gasteiger partial charge in [-0.1, -0.05) is 0 Å². The van der Waals surface area contributed by atoms with Gasteiger partial charge in [0.25, 0.3) is 0 Å². The standard InChI is InChI=1S/C4F3N2/c5-2-1-3(6)9-4(7)8-2. The van der Waals surface area contributed by atoms with Gasteiger partial charge in [-0.15, -0.1) is 0 Å². The Morgan fingerprint density at radius 1 is 1.00 bits per heavy atom. The van der Waals surface area contributed by atoms with Crippen LogP contribution < -0.4 is 0 Å². The highest BCUT2D eigenvalue weighted by molar-refractivity contribution is 4.81. The molecular weight excluding hydrogens is 133 g/mol. The fourth-order valence-electron chi connectivity index (χ4n) is 0.328. The van der Waals surface area contributed by atoms with E-state index in [4.69, 9.17) is 0 Å². The van der Waals surface area contributed by atoms with Crippen molar-refractivity contribution in [1.29, 1.82) is 0 Å². The van der Waals surface area contributed by atoms with Crippen LogP contribution in [0.4, 0.5) is 13.2 Å². The summed E-state index contributed by atoms with van der Waals surface area (Å²) >= 11 is 0. The predicted octanol–water partition coefficient (Wildman–Crippen LogP) is 0.694. The molecule has 0 aromatic carbocycles. The zero-order valence-corrected chi connectivity index (χ0v) is 4.03. The monoisotopic (exact) mass is 133 g/mol. The van der Waals surface area contributed by atoms with Crippen LogP contribution in [0.2, 0.25) is 0 Å². The summed E-state index contributed by atoms with van der Waals surface area (Å²) in [7, 11) is 0. The molecule has 47 valence electrons. The lowest BCUT2D eigenvalue weighted by Crippen LogP contribution is -1.95. The third-order valence-corrected chi connectivity index (χ3v) is 0.587. The van der Waals surface area contributed by atoms with Gasteiger partial charge in [-0.3, -0.25) is 0 Å². The van der Waals surface area contributed by atoms with Crippen LogP contribution in [0.1, 0.15) is 0 Å². The number of nitrogens with zero attached hydrogens (tertiary/aromatic N) is 2. The zero-order chi connectivity index (χ0) is 6.85. The van der Waals surface area contributed by atoms with Crippen molar-refractivity contribution >= 4 is 0 Å². The van der Waals surface area contributed by atoms with Crippen molar-refractivity contribution in [2.75, 3.05) is 0 Å². The third-order valence-electron chi connectivity index (χ3n) is 0.587. The van der Waals surface area contributed by atoms with E-state index in [0.717, 1.165) is 0 Å². The third kappa shape index (κ3) is 1.38. The summed E-state index contributed by atoms with van der Waals surface area (Å²) in [5.74, 6) is -2.67. The minimum Gasteiger partial charge on any atom is -0.184 e. The summed E-state index contributed by atoms with van der Waals surface area (Å²) in [5, 5.41) is 0. The zero-order valence-electron chi connectivity index (χ0n) is 4.03. The van der Waals surface area contributed by atoms with Crippen molar-refractivity contribution in [3.05, 3.63) is 24.0 Å². The lowest BCUT2D eigenvalue weighted by Gasteiger charge is -1.85. The molecule has 0 aliphatic heterocycles. The largest absolute Gasteiger partial charge is 0.313 e. The number of rotatable bonds is 0. The van der Waals surface area contributed by atoms with Crippen molar-refractivity contribution in [2.24, 2.45) is 0 Å². The Balaban J connectivity index is 3.17. The maximum absolute atomic E-state index is 11.7. The van der Waals surface area contributed by atoms with Gasteiger partial charge >= 0.3 is 6.08 Å². The summed E-state index contributed by atoms with van der Waals surface area (Å²) in [6.07, 6.45) is -1.43. The fourth-order valence-corrected chi connectivity index (χ4v) is 0.328. The number of aromatic nitrogens is 2. The quantitative estimate of drug-likeness (QED) is 0.384. The highest BCUT2D eigenvalue weighted by Gasteiger charge is 2.01. The fraction of sp³-hybridized carbons (Fsp3) is 0. The molecule has 0 spiro atoms. The van der Waals surface area contributed by atoms with Crippen LogP contribution in [-0.4, -0.2) is 9.97 Å². The smallest absolute Gasteiger partial charge is 0.184 e. The molecule has 0 bridgehead atoms. The van der Waals surface area contributed by atoms with Gasteiger partial charge in [-0.25, -0.2) is 0 Å². The first-order valence-corrected chi connectivity index (χ1v) is 1.96. The molecule has 1 aromatic rings. The molecule has 0 N–H and O–H groups in total. The minimum atomic E-state index is -1.43. The second kappa shape index (κ2) is 2.00. The van der Waals surface area contributed by atoms with Crippen molar-refractivity contribution in [3.63, 3.8) is 0 Å². The molecule has 1 radical (unpaired) electrons. The maximum atomic E-state index is 11.7. The van der Waals surface area contributed by atoms with Crippen LogP contribution in [0.25, 0.3) is 0 Å². The number of hydrogen-bond acceptors (Lipinski definition) is 2. The first kappa shape index (κ1) is 6.00. The van der Waals surface area contributed by atoms with Gasteiger partial charge in [0.1, 0.15) is 6.07 Å². The van der Waals surface area contributed by atoms with Crippen LogP contribution in [-0.2, 0) is 0 Å². The molecule has 1 aromatic heterocycles. The lowest BCUT2D eigenvalue weighted by molar-refractivity contribution is 0.436. The Hall–Kier alpha value is -1.13. The van der Waals surface area contributed by atoms with Gasteiger partial charge in [0.2, 0.25) is 11.9 Å². The molecule has 0 aliphatic rings. The summed E-state index contributed by atoms with van der Waals surface area (Å²) in [5.41, 5.74) is 0. The van der Waals surface area contributed by atoms with Crippen LogP contribution in [0.5, 0.6) is 0 Å². The normalized spacial score (nSPS) is 9.67. The molecule has 5 heteroatoms. The van der Waals surface area contributed by atoms with E-state index in [2.05, 4.69) is 9.97 Å². The van der Waals surface area contributed by atoms with Crippen LogP contribution in [0, 0.1) is 24.0 Å². The van der Waals surface area contributed by atoms with Crippen LogP contribution in [0.3, 0.4) is 0 Å². The summed E-state index contributed by atoms with van der Waals surface area (Å²) in [4.78, 5) is 4.99. The second-order valence-electron chi connectivity index (χ2n) is 1.20. The van der Waals surface area contributed by atoms with Crippen molar-refractivity contribution in [3.8, 4) is 0 Å². The second-order valence-corrected chi connectivity index (χ2v) is 1.20. The summed E-state index contributed by atoms with van der Waals surface area (Å²) < 4.78 is 35.2. The van der Waals surface area contributed by atoms with E-state index in [1.54, 1.807) is 0 Å². The van der Waals surface area contributed by atoms with Gasteiger partial charge in [-0.2, -0.15) is 23.1 Å². The highest BCUT2D eigenvalue weighted by atomic mass is 19.2. The average Bonchev–Trinajstić information content (AvgIpc) is 1.59. The topological polar surface area (TPSA) is 25.8 Å². The molecule has 0 unspecified atom stereocenters. The molecule has 0 amide bonds. The Labute approximate surface area is 48.4 Å². The Kier molecular flexibility index (Phi) is 1.33. The van der Waals surface area contributed by atoms with Gasteiger partial charge in [0.05, 0.1) is 0 Å². The molecule has 1 heterocycles. The SMILES string of the molecule is Fc1[c]c(F)nc(F)n1. The molecule has 9 heavy (non-hydrogen) atoms. The molecule has 0 saturated carbocycles. The van der Waals surface area contributed by atoms with Gasteiger partial charge in [-0.05, 0) is 0 Å². The first-order valence-electron chi connectivity index (χ1n) is 1.96. The van der Waals surface area contributed by atoms with E-state index in [0.29, 0.717) is 0 Å². The average molecular weight is 133 g/mol. The maximum Gasteiger partial charge on any atom is 0.313 e. The molecule has 2 nitrogen and oxygen atoms in total. The summed E-state index contributed by atoms with van der Waals surface area (Å²) in [6.45, 7) is 0. The van der Waals surface area contributed by atoms with Crippen LogP contribution in [0.15, 0.2) is 0 Å². The Morgan fingerprint density at radius 2 is 1.44 bits per heavy atom. The van der Waals surface area contributed by atoms with Crippen molar-refractivity contribution < 1.29 is 13.2 Å². The lowest BCUT2D eigenvalue weighted by atomic mass is 10.6. The van der Waals surface area contributed by atoms with E-state index in [9.17, 15) is 13.2 Å². The van der Waals surface area contributed by atoms with Gasteiger partial charge < -0.3 is 0 Å². The predicted molar refractivity (Wildman–Crippen MR) is 20.7 cm³/mol. The van der Waals surface area contributed by atoms with Gasteiger partial charge in [0.15, 0.2) is 0 Å². The molecule has 0 aliphatic carbocycles. The van der Waals surface area contributed by atoms with Crippen molar-refractivity contribution in [1.82, 2.24) is 9.97 Å². The van der Waals surface area contributed by atoms with E-state index < -0.39 is 18.0 Å². The number of halogens is 3. The minimum absolute atomic E-state index is 1.33. The molecular formula is C4F3N2. The van der Waals surface area contributed by atoms with E-state index >= 15 is 0 Å². The van der Waals surface area contributed by atoms with E-state index in [1.807, 2.05) is 0 Å². The van der Waals surface area contributed by atoms with Crippen LogP contribution >= 0.6 is 0 Å². The summed E-state index contributed by atoms with van der Waals surface area (Å²) in [6, 6.07) is 1.42. The van der Waals surface area contributed by atoms with E-state index in [-0.39, 0.29) is 0 Å². The van der Waals surface area contributed by atoms with Crippen molar-refractivity contribution in [2.45, 2.75) is 0 Å². The first-order chi connectivity index (χ1) is 4.18. The van der Waals surface area contributed by atoms with Gasteiger partial charge in [0, 0.05) is 0 Å².